The number of hydrogen-bond acceptors (Lipinski definition) is 4. The summed E-state index contributed by atoms with van der Waals surface area (Å²) in [7, 11) is 0. The fourth-order valence-corrected chi connectivity index (χ4v) is 2.94. The first-order chi connectivity index (χ1) is 8.74. The Balaban J connectivity index is 1.80. The van der Waals surface area contributed by atoms with Crippen molar-refractivity contribution in [3.05, 3.63) is 27.2 Å². The van der Waals surface area contributed by atoms with E-state index >= 15 is 0 Å². The number of hydrogen-bond donors (Lipinski definition) is 1. The van der Waals surface area contributed by atoms with E-state index in [1.165, 1.54) is 11.3 Å². The first-order valence-electron chi connectivity index (χ1n) is 5.73. The van der Waals surface area contributed by atoms with Crippen molar-refractivity contribution in [1.82, 2.24) is 14.8 Å². The van der Waals surface area contributed by atoms with Gasteiger partial charge in [0.05, 0.1) is 9.21 Å². The minimum Gasteiger partial charge on any atom is -0.297 e. The summed E-state index contributed by atoms with van der Waals surface area (Å²) in [6, 6.07) is 3.41. The van der Waals surface area contributed by atoms with Gasteiger partial charge in [-0.3, -0.25) is 14.7 Å². The van der Waals surface area contributed by atoms with E-state index in [1.807, 2.05) is 4.57 Å². The van der Waals surface area contributed by atoms with Crippen molar-refractivity contribution in [1.29, 1.82) is 0 Å². The van der Waals surface area contributed by atoms with Crippen LogP contribution in [0.3, 0.4) is 0 Å². The Morgan fingerprint density at radius 1 is 1.39 bits per heavy atom. The number of amides is 1. The van der Waals surface area contributed by atoms with Gasteiger partial charge in [0.15, 0.2) is 0 Å². The van der Waals surface area contributed by atoms with Crippen molar-refractivity contribution in [2.75, 3.05) is 5.32 Å². The lowest BCUT2D eigenvalue weighted by Crippen LogP contribution is -2.18. The SMILES string of the molecule is O=C(Nc1nnc2n1CCCC2)c1ccc(Cl)s1. The van der Waals surface area contributed by atoms with Crippen LogP contribution in [0.2, 0.25) is 4.34 Å². The number of thiophene rings is 1. The van der Waals surface area contributed by atoms with Gasteiger partial charge in [0.2, 0.25) is 5.95 Å². The molecule has 3 rings (SSSR count). The lowest BCUT2D eigenvalue weighted by Gasteiger charge is -2.14. The molecule has 0 fully saturated rings. The van der Waals surface area contributed by atoms with Gasteiger partial charge in [0.1, 0.15) is 5.82 Å². The molecular formula is C11H11ClN4OS. The summed E-state index contributed by atoms with van der Waals surface area (Å²) in [6.07, 6.45) is 3.15. The van der Waals surface area contributed by atoms with Crippen LogP contribution >= 0.6 is 22.9 Å². The van der Waals surface area contributed by atoms with Crippen LogP contribution in [0.1, 0.15) is 28.3 Å². The van der Waals surface area contributed by atoms with E-state index in [-0.39, 0.29) is 5.91 Å². The lowest BCUT2D eigenvalue weighted by molar-refractivity contribution is 0.102. The van der Waals surface area contributed by atoms with Gasteiger partial charge in [-0.15, -0.1) is 21.5 Å². The largest absolute Gasteiger partial charge is 0.297 e. The number of nitrogens with one attached hydrogen (secondary N) is 1. The summed E-state index contributed by atoms with van der Waals surface area (Å²) in [4.78, 5) is 12.5. The average molecular weight is 283 g/mol. The third-order valence-electron chi connectivity index (χ3n) is 2.88. The summed E-state index contributed by atoms with van der Waals surface area (Å²) in [5.41, 5.74) is 0. The first-order valence-corrected chi connectivity index (χ1v) is 6.92. The molecule has 2 aromatic rings. The molecule has 0 bridgehead atoms. The number of halogens is 1. The Morgan fingerprint density at radius 3 is 3.06 bits per heavy atom. The van der Waals surface area contributed by atoms with Crippen molar-refractivity contribution in [2.24, 2.45) is 0 Å². The molecule has 0 aromatic carbocycles. The van der Waals surface area contributed by atoms with E-state index in [2.05, 4.69) is 15.5 Å². The molecule has 1 aliphatic heterocycles. The summed E-state index contributed by atoms with van der Waals surface area (Å²) in [5, 5.41) is 10.9. The summed E-state index contributed by atoms with van der Waals surface area (Å²) in [6.45, 7) is 0.864. The summed E-state index contributed by atoms with van der Waals surface area (Å²) >= 11 is 7.06. The molecule has 0 spiro atoms. The van der Waals surface area contributed by atoms with E-state index in [0.29, 0.717) is 15.2 Å². The number of carbonyl (C=O) groups excluding carboxylic acids is 1. The van der Waals surface area contributed by atoms with Crippen molar-refractivity contribution in [3.63, 3.8) is 0 Å². The van der Waals surface area contributed by atoms with Crippen LogP contribution in [0.15, 0.2) is 12.1 Å². The molecule has 0 unspecified atom stereocenters. The van der Waals surface area contributed by atoms with Crippen LogP contribution in [0.25, 0.3) is 0 Å². The quantitative estimate of drug-likeness (QED) is 0.921. The van der Waals surface area contributed by atoms with Gasteiger partial charge in [-0.2, -0.15) is 0 Å². The van der Waals surface area contributed by atoms with Crippen molar-refractivity contribution in [2.45, 2.75) is 25.8 Å². The molecule has 0 saturated heterocycles. The van der Waals surface area contributed by atoms with Crippen LogP contribution in [0.5, 0.6) is 0 Å². The smallest absolute Gasteiger partial charge is 0.268 e. The Hall–Kier alpha value is -1.40. The second-order valence-corrected chi connectivity index (χ2v) is 5.82. The predicted octanol–water partition coefficient (Wildman–Crippen LogP) is 2.58. The molecule has 94 valence electrons. The molecular weight excluding hydrogens is 272 g/mol. The molecule has 1 aliphatic rings. The maximum atomic E-state index is 12.0. The molecule has 18 heavy (non-hydrogen) atoms. The molecule has 5 nitrogen and oxygen atoms in total. The second-order valence-electron chi connectivity index (χ2n) is 4.11. The van der Waals surface area contributed by atoms with Crippen molar-refractivity contribution in [3.8, 4) is 0 Å². The Morgan fingerprint density at radius 2 is 2.28 bits per heavy atom. The van der Waals surface area contributed by atoms with Gasteiger partial charge in [-0.1, -0.05) is 11.6 Å². The molecule has 0 aliphatic carbocycles. The van der Waals surface area contributed by atoms with E-state index < -0.39 is 0 Å². The van der Waals surface area contributed by atoms with E-state index in [1.54, 1.807) is 12.1 Å². The average Bonchev–Trinajstić information content (AvgIpc) is 2.97. The Labute approximate surface area is 113 Å². The fraction of sp³-hybridized carbons (Fsp3) is 0.364. The number of fused-ring (bicyclic) bond motifs is 1. The van der Waals surface area contributed by atoms with Crippen LogP contribution in [0.4, 0.5) is 5.95 Å². The van der Waals surface area contributed by atoms with Crippen molar-refractivity contribution < 1.29 is 4.79 Å². The van der Waals surface area contributed by atoms with E-state index in [0.717, 1.165) is 31.6 Å². The highest BCUT2D eigenvalue weighted by atomic mass is 35.5. The second kappa shape index (κ2) is 4.70. The number of aryl methyl sites for hydroxylation is 1. The third-order valence-corrected chi connectivity index (χ3v) is 4.11. The molecule has 0 radical (unpaired) electrons. The highest BCUT2D eigenvalue weighted by Gasteiger charge is 2.18. The first kappa shape index (κ1) is 11.7. The number of carbonyl (C=O) groups is 1. The van der Waals surface area contributed by atoms with Gasteiger partial charge >= 0.3 is 0 Å². The fourth-order valence-electron chi connectivity index (χ4n) is 2.00. The van der Waals surface area contributed by atoms with E-state index in [9.17, 15) is 4.79 Å². The predicted molar refractivity (Wildman–Crippen MR) is 70.2 cm³/mol. The van der Waals surface area contributed by atoms with Gasteiger partial charge in [0, 0.05) is 13.0 Å². The molecule has 7 heteroatoms. The van der Waals surface area contributed by atoms with Gasteiger partial charge in [0.25, 0.3) is 5.91 Å². The Bertz CT molecular complexity index is 592. The van der Waals surface area contributed by atoms with Crippen LogP contribution < -0.4 is 5.32 Å². The highest BCUT2D eigenvalue weighted by Crippen LogP contribution is 2.23. The molecule has 3 heterocycles. The lowest BCUT2D eigenvalue weighted by atomic mass is 10.2. The minimum absolute atomic E-state index is 0.187. The third kappa shape index (κ3) is 2.13. The topological polar surface area (TPSA) is 59.8 Å². The molecule has 0 atom stereocenters. The zero-order valence-corrected chi connectivity index (χ0v) is 11.1. The van der Waals surface area contributed by atoms with Gasteiger partial charge in [-0.05, 0) is 25.0 Å². The number of rotatable bonds is 2. The molecule has 0 saturated carbocycles. The number of nitrogens with zero attached hydrogens (tertiary/aromatic N) is 3. The van der Waals surface area contributed by atoms with E-state index in [4.69, 9.17) is 11.6 Å². The number of aromatic nitrogens is 3. The number of anilines is 1. The maximum Gasteiger partial charge on any atom is 0.268 e. The summed E-state index contributed by atoms with van der Waals surface area (Å²) < 4.78 is 2.57. The molecule has 1 amide bonds. The highest BCUT2D eigenvalue weighted by molar-refractivity contribution is 7.18. The maximum absolute atomic E-state index is 12.0. The molecule has 2 aromatic heterocycles. The van der Waals surface area contributed by atoms with Crippen LogP contribution in [-0.2, 0) is 13.0 Å². The van der Waals surface area contributed by atoms with Gasteiger partial charge in [-0.25, -0.2) is 0 Å². The standard InChI is InChI=1S/C11H11ClN4OS/c12-8-5-4-7(18-8)10(17)13-11-15-14-9-3-1-2-6-16(9)11/h4-5H,1-3,6H2,(H,13,15,17). The van der Waals surface area contributed by atoms with Crippen LogP contribution in [0, 0.1) is 0 Å². The van der Waals surface area contributed by atoms with Gasteiger partial charge < -0.3 is 0 Å². The minimum atomic E-state index is -0.187. The zero-order valence-electron chi connectivity index (χ0n) is 9.52. The normalized spacial score (nSPS) is 14.3. The van der Waals surface area contributed by atoms with Crippen molar-refractivity contribution >= 4 is 34.8 Å². The summed E-state index contributed by atoms with van der Waals surface area (Å²) in [5.74, 6) is 1.28. The van der Waals surface area contributed by atoms with Crippen LogP contribution in [-0.4, -0.2) is 20.7 Å². The Kier molecular flexibility index (Phi) is 3.05. The monoisotopic (exact) mass is 282 g/mol. The molecule has 1 N–H and O–H groups in total. The zero-order chi connectivity index (χ0) is 12.5.